The van der Waals surface area contributed by atoms with E-state index in [0.717, 1.165) is 11.1 Å². The lowest BCUT2D eigenvalue weighted by Gasteiger charge is -2.36. The summed E-state index contributed by atoms with van der Waals surface area (Å²) >= 11 is 0. The molecule has 2 atom stereocenters. The lowest BCUT2D eigenvalue weighted by molar-refractivity contribution is 0.294. The summed E-state index contributed by atoms with van der Waals surface area (Å²) < 4.78 is 30.2. The fourth-order valence-electron chi connectivity index (χ4n) is 3.09. The van der Waals surface area contributed by atoms with E-state index in [0.29, 0.717) is 0 Å². The van der Waals surface area contributed by atoms with Crippen molar-refractivity contribution in [3.05, 3.63) is 97.1 Å². The Balaban J connectivity index is 2.44. The Morgan fingerprint density at radius 1 is 0.778 bits per heavy atom. The van der Waals surface area contributed by atoms with E-state index < -0.39 is 10.2 Å². The quantitative estimate of drug-likeness (QED) is 0.556. The van der Waals surface area contributed by atoms with Crippen LogP contribution in [0.3, 0.4) is 0 Å². The van der Waals surface area contributed by atoms with Gasteiger partial charge >= 0.3 is 0 Å². The number of rotatable bonds is 10. The van der Waals surface area contributed by atoms with Gasteiger partial charge < -0.3 is 0 Å². The first-order valence-electron chi connectivity index (χ1n) is 9.03. The van der Waals surface area contributed by atoms with Gasteiger partial charge in [-0.1, -0.05) is 72.8 Å². The predicted molar refractivity (Wildman–Crippen MR) is 112 cm³/mol. The van der Waals surface area contributed by atoms with Crippen molar-refractivity contribution in [1.82, 2.24) is 8.61 Å². The van der Waals surface area contributed by atoms with Gasteiger partial charge in [-0.25, -0.2) is 0 Å². The van der Waals surface area contributed by atoms with E-state index in [1.165, 1.54) is 8.61 Å². The lowest BCUT2D eigenvalue weighted by Crippen LogP contribution is -2.46. The molecule has 4 nitrogen and oxygen atoms in total. The van der Waals surface area contributed by atoms with E-state index >= 15 is 0 Å². The molecule has 0 aromatic heterocycles. The van der Waals surface area contributed by atoms with Gasteiger partial charge in [0.05, 0.1) is 0 Å². The monoisotopic (exact) mass is 384 g/mol. The third kappa shape index (κ3) is 4.95. The number of nitrogens with zero attached hydrogens (tertiary/aromatic N) is 2. The van der Waals surface area contributed by atoms with Crippen molar-refractivity contribution in [2.75, 3.05) is 13.1 Å². The Morgan fingerprint density at radius 3 is 1.41 bits per heavy atom. The Bertz CT molecular complexity index is 770. The van der Waals surface area contributed by atoms with Gasteiger partial charge in [-0.15, -0.1) is 13.2 Å². The zero-order valence-corrected chi connectivity index (χ0v) is 16.8. The highest BCUT2D eigenvalue weighted by Crippen LogP contribution is 2.30. The maximum absolute atomic E-state index is 13.6. The minimum atomic E-state index is -3.76. The standard InChI is InChI=1S/C22H28N2O2S/c1-5-17-23(19(3)21-13-9-7-10-14-21)27(25,26)24(18-6-2)20(4)22-15-11-8-12-16-22/h5-16,19-20H,1-2,17-18H2,3-4H3/t19-,20-/m1/s1. The highest BCUT2D eigenvalue weighted by molar-refractivity contribution is 7.86. The summed E-state index contributed by atoms with van der Waals surface area (Å²) in [7, 11) is -3.76. The minimum Gasteiger partial charge on any atom is -0.195 e. The van der Waals surface area contributed by atoms with Crippen LogP contribution in [0.2, 0.25) is 0 Å². The van der Waals surface area contributed by atoms with Crippen molar-refractivity contribution in [2.45, 2.75) is 25.9 Å². The van der Waals surface area contributed by atoms with Crippen molar-refractivity contribution in [2.24, 2.45) is 0 Å². The van der Waals surface area contributed by atoms with Crippen LogP contribution >= 0.6 is 0 Å². The molecule has 0 bridgehead atoms. The van der Waals surface area contributed by atoms with Crippen molar-refractivity contribution < 1.29 is 8.42 Å². The lowest BCUT2D eigenvalue weighted by atomic mass is 10.1. The van der Waals surface area contributed by atoms with Crippen LogP contribution in [0.5, 0.6) is 0 Å². The molecule has 0 saturated carbocycles. The SMILES string of the molecule is C=CCN([C@H](C)c1ccccc1)S(=O)(=O)N(CC=C)[C@H](C)c1ccccc1. The van der Waals surface area contributed by atoms with Gasteiger partial charge in [0.2, 0.25) is 0 Å². The van der Waals surface area contributed by atoms with E-state index in [4.69, 9.17) is 0 Å². The zero-order chi connectivity index (χ0) is 19.9. The van der Waals surface area contributed by atoms with Crippen molar-refractivity contribution >= 4 is 10.2 Å². The second kappa shape index (κ2) is 9.65. The van der Waals surface area contributed by atoms with E-state index in [1.807, 2.05) is 74.5 Å². The fourth-order valence-corrected chi connectivity index (χ4v) is 4.99. The first-order valence-corrected chi connectivity index (χ1v) is 10.4. The molecule has 0 N–H and O–H groups in total. The summed E-state index contributed by atoms with van der Waals surface area (Å²) in [6.07, 6.45) is 3.24. The second-order valence-electron chi connectivity index (χ2n) is 6.40. The molecule has 0 spiro atoms. The largest absolute Gasteiger partial charge is 0.283 e. The van der Waals surface area contributed by atoms with E-state index in [-0.39, 0.29) is 25.2 Å². The van der Waals surface area contributed by atoms with Gasteiger partial charge in [0.1, 0.15) is 0 Å². The van der Waals surface area contributed by atoms with Crippen LogP contribution in [-0.2, 0) is 10.2 Å². The van der Waals surface area contributed by atoms with Crippen LogP contribution in [0.4, 0.5) is 0 Å². The van der Waals surface area contributed by atoms with E-state index in [9.17, 15) is 8.42 Å². The molecule has 2 aromatic rings. The van der Waals surface area contributed by atoms with Crippen LogP contribution in [0.15, 0.2) is 86.0 Å². The van der Waals surface area contributed by atoms with Gasteiger partial charge in [0.25, 0.3) is 10.2 Å². The van der Waals surface area contributed by atoms with Crippen LogP contribution in [0.1, 0.15) is 37.1 Å². The summed E-state index contributed by atoms with van der Waals surface area (Å²) in [5.74, 6) is 0. The van der Waals surface area contributed by atoms with Crippen LogP contribution in [0, 0.1) is 0 Å². The average molecular weight is 385 g/mol. The molecular formula is C22H28N2O2S. The molecule has 27 heavy (non-hydrogen) atoms. The molecule has 2 rings (SSSR count). The molecule has 0 fully saturated rings. The molecule has 5 heteroatoms. The molecule has 2 aromatic carbocycles. The molecule has 144 valence electrons. The third-order valence-corrected chi connectivity index (χ3v) is 6.75. The predicted octanol–water partition coefficient (Wildman–Crippen LogP) is 4.73. The number of hydrogen-bond acceptors (Lipinski definition) is 2. The normalized spacial score (nSPS) is 14.1. The topological polar surface area (TPSA) is 40.6 Å². The molecule has 0 aliphatic carbocycles. The van der Waals surface area contributed by atoms with Gasteiger partial charge in [-0.05, 0) is 25.0 Å². The molecule has 0 amide bonds. The van der Waals surface area contributed by atoms with Gasteiger partial charge in [0.15, 0.2) is 0 Å². The fraction of sp³-hybridized carbons (Fsp3) is 0.273. The molecular weight excluding hydrogens is 356 g/mol. The maximum Gasteiger partial charge on any atom is 0.283 e. The summed E-state index contributed by atoms with van der Waals surface area (Å²) in [5, 5.41) is 0. The van der Waals surface area contributed by atoms with E-state index in [1.54, 1.807) is 12.2 Å². The maximum atomic E-state index is 13.6. The van der Waals surface area contributed by atoms with Gasteiger partial charge in [0, 0.05) is 25.2 Å². The van der Waals surface area contributed by atoms with Gasteiger partial charge in [-0.3, -0.25) is 0 Å². The number of hydrogen-bond donors (Lipinski definition) is 0. The van der Waals surface area contributed by atoms with Crippen LogP contribution in [-0.4, -0.2) is 30.1 Å². The average Bonchev–Trinajstić information content (AvgIpc) is 2.70. The molecule has 0 radical (unpaired) electrons. The molecule has 0 aliphatic rings. The van der Waals surface area contributed by atoms with Crippen LogP contribution in [0.25, 0.3) is 0 Å². The van der Waals surface area contributed by atoms with Crippen molar-refractivity contribution in [3.63, 3.8) is 0 Å². The smallest absolute Gasteiger partial charge is 0.195 e. The third-order valence-electron chi connectivity index (χ3n) is 4.64. The molecule has 0 saturated heterocycles. The minimum absolute atomic E-state index is 0.230. The Labute approximate surface area is 163 Å². The van der Waals surface area contributed by atoms with Crippen molar-refractivity contribution in [1.29, 1.82) is 0 Å². The summed E-state index contributed by atoms with van der Waals surface area (Å²) in [4.78, 5) is 0. The zero-order valence-electron chi connectivity index (χ0n) is 16.0. The molecule has 0 unspecified atom stereocenters. The molecule has 0 aliphatic heterocycles. The second-order valence-corrected chi connectivity index (χ2v) is 8.23. The van der Waals surface area contributed by atoms with Crippen LogP contribution < -0.4 is 0 Å². The first kappa shape index (κ1) is 21.1. The summed E-state index contributed by atoms with van der Waals surface area (Å²) in [5.41, 5.74) is 1.88. The van der Waals surface area contributed by atoms with Gasteiger partial charge in [-0.2, -0.15) is 17.0 Å². The first-order chi connectivity index (χ1) is 12.9. The van der Waals surface area contributed by atoms with E-state index in [2.05, 4.69) is 13.2 Å². The highest BCUT2D eigenvalue weighted by Gasteiger charge is 2.35. The summed E-state index contributed by atoms with van der Waals surface area (Å²) in [6.45, 7) is 11.8. The highest BCUT2D eigenvalue weighted by atomic mass is 32.2. The number of benzene rings is 2. The Hall–Kier alpha value is -2.21. The molecule has 0 heterocycles. The van der Waals surface area contributed by atoms with Crippen molar-refractivity contribution in [3.8, 4) is 0 Å². The Morgan fingerprint density at radius 2 is 1.11 bits per heavy atom. The summed E-state index contributed by atoms with van der Waals surface area (Å²) in [6, 6.07) is 18.6. The Kier molecular flexibility index (Phi) is 7.54.